The van der Waals surface area contributed by atoms with Crippen molar-refractivity contribution in [3.63, 3.8) is 0 Å². The Hall–Kier alpha value is -2.44. The van der Waals surface area contributed by atoms with Crippen LogP contribution in [-0.4, -0.2) is 32.3 Å². The van der Waals surface area contributed by atoms with Gasteiger partial charge < -0.3 is 0 Å². The molecule has 0 bridgehead atoms. The second-order valence-electron chi connectivity index (χ2n) is 6.57. The minimum absolute atomic E-state index is 0.0443. The van der Waals surface area contributed by atoms with Crippen molar-refractivity contribution in [1.82, 2.24) is 9.97 Å². The molecule has 0 saturated carbocycles. The van der Waals surface area contributed by atoms with E-state index in [0.29, 0.717) is 11.5 Å². The van der Waals surface area contributed by atoms with E-state index in [1.807, 2.05) is 0 Å². The summed E-state index contributed by atoms with van der Waals surface area (Å²) in [5.74, 6) is 0.661. The molecule has 28 heavy (non-hydrogen) atoms. The van der Waals surface area contributed by atoms with Gasteiger partial charge in [-0.15, -0.1) is 0 Å². The Morgan fingerprint density at radius 2 is 1.75 bits per heavy atom. The zero-order valence-electron chi connectivity index (χ0n) is 15.2. The standard InChI is InChI=1S/C20H18AsN3O3S/c1-12-3-4-14(9-13(12)2)17-10-28-20-18(17)19(22-11-23-20)24-16-7-5-15(6-8-16)21(25,26)27/h3-11H,1-2H3,(H,22,23,24)(H2,25,26,27). The Morgan fingerprint density at radius 3 is 2.43 bits per heavy atom. The van der Waals surface area contributed by atoms with Gasteiger partial charge in [0.2, 0.25) is 0 Å². The molecule has 6 nitrogen and oxygen atoms in total. The molecule has 0 fully saturated rings. The van der Waals surface area contributed by atoms with Crippen molar-refractivity contribution in [3.8, 4) is 11.1 Å². The topological polar surface area (TPSA) is 95.3 Å². The van der Waals surface area contributed by atoms with E-state index in [-0.39, 0.29) is 4.35 Å². The molecule has 0 aliphatic carbocycles. The predicted octanol–water partition coefficient (Wildman–Crippen LogP) is 3.28. The van der Waals surface area contributed by atoms with Crippen LogP contribution >= 0.6 is 11.3 Å². The Labute approximate surface area is 168 Å². The number of hydrogen-bond donors (Lipinski definition) is 3. The summed E-state index contributed by atoms with van der Waals surface area (Å²) in [6, 6.07) is 12.5. The molecule has 0 radical (unpaired) electrons. The summed E-state index contributed by atoms with van der Waals surface area (Å²) in [5.41, 5.74) is 5.32. The number of rotatable bonds is 4. The number of thiophene rings is 1. The van der Waals surface area contributed by atoms with E-state index in [1.165, 1.54) is 29.6 Å². The van der Waals surface area contributed by atoms with Crippen LogP contribution in [-0.2, 0) is 3.74 Å². The van der Waals surface area contributed by atoms with E-state index in [9.17, 15) is 11.9 Å². The van der Waals surface area contributed by atoms with Gasteiger partial charge in [-0.1, -0.05) is 0 Å². The summed E-state index contributed by atoms with van der Waals surface area (Å²) < 4.78 is 30.1. The predicted molar refractivity (Wildman–Crippen MR) is 113 cm³/mol. The second-order valence-corrected chi connectivity index (χ2v) is 10.8. The fraction of sp³-hybridized carbons (Fsp3) is 0.100. The average Bonchev–Trinajstić information content (AvgIpc) is 3.09. The zero-order valence-corrected chi connectivity index (χ0v) is 17.9. The average molecular weight is 455 g/mol. The molecule has 0 aliphatic rings. The molecule has 0 unspecified atom stereocenters. The van der Waals surface area contributed by atoms with Gasteiger partial charge in [-0.3, -0.25) is 0 Å². The molecule has 0 atom stereocenters. The van der Waals surface area contributed by atoms with E-state index in [4.69, 9.17) is 0 Å². The van der Waals surface area contributed by atoms with Gasteiger partial charge in [0, 0.05) is 0 Å². The third-order valence-electron chi connectivity index (χ3n) is 4.65. The van der Waals surface area contributed by atoms with E-state index < -0.39 is 14.2 Å². The third-order valence-corrected chi connectivity index (χ3v) is 7.58. The van der Waals surface area contributed by atoms with E-state index in [2.05, 4.69) is 52.7 Å². The van der Waals surface area contributed by atoms with Crippen LogP contribution in [0.15, 0.2) is 54.2 Å². The molecule has 0 saturated heterocycles. The number of aryl methyl sites for hydroxylation is 2. The first kappa shape index (κ1) is 18.9. The van der Waals surface area contributed by atoms with Gasteiger partial charge in [-0.25, -0.2) is 0 Å². The minimum atomic E-state index is -4.89. The maximum absolute atomic E-state index is 11.4. The molecule has 2 aromatic carbocycles. The molecule has 2 heterocycles. The third kappa shape index (κ3) is 3.62. The first-order valence-corrected chi connectivity index (χ1v) is 12.8. The van der Waals surface area contributed by atoms with Crippen molar-refractivity contribution in [1.29, 1.82) is 0 Å². The molecule has 0 aliphatic heterocycles. The van der Waals surface area contributed by atoms with E-state index in [1.54, 1.807) is 23.5 Å². The fourth-order valence-electron chi connectivity index (χ4n) is 2.97. The van der Waals surface area contributed by atoms with Crippen LogP contribution in [0.3, 0.4) is 0 Å². The first-order valence-electron chi connectivity index (χ1n) is 8.56. The molecular weight excluding hydrogens is 437 g/mol. The summed E-state index contributed by atoms with van der Waals surface area (Å²) in [7, 11) is 0. The normalized spacial score (nSPS) is 11.7. The van der Waals surface area contributed by atoms with Gasteiger partial charge in [-0.05, 0) is 6.92 Å². The zero-order chi connectivity index (χ0) is 19.9. The van der Waals surface area contributed by atoms with Crippen LogP contribution in [0.2, 0.25) is 0 Å². The van der Waals surface area contributed by atoms with Gasteiger partial charge in [0.15, 0.2) is 0 Å². The molecule has 4 aromatic rings. The van der Waals surface area contributed by atoms with Crippen molar-refractivity contribution >= 4 is 51.6 Å². The summed E-state index contributed by atoms with van der Waals surface area (Å²) in [5, 5.41) is 6.26. The summed E-state index contributed by atoms with van der Waals surface area (Å²) in [6.07, 6.45) is 1.51. The number of nitrogens with one attached hydrogen (secondary N) is 1. The fourth-order valence-corrected chi connectivity index (χ4v) is 5.01. The number of aromatic nitrogens is 2. The van der Waals surface area contributed by atoms with Crippen LogP contribution in [0.5, 0.6) is 0 Å². The van der Waals surface area contributed by atoms with Gasteiger partial charge in [-0.2, -0.15) is 0 Å². The number of fused-ring (bicyclic) bond motifs is 1. The summed E-state index contributed by atoms with van der Waals surface area (Å²) in [6.45, 7) is 4.18. The van der Waals surface area contributed by atoms with E-state index in [0.717, 1.165) is 21.3 Å². The Kier molecular flexibility index (Phi) is 4.85. The quantitative estimate of drug-likeness (QED) is 0.409. The molecule has 3 N–H and O–H groups in total. The molecule has 0 amide bonds. The molecule has 2 aromatic heterocycles. The van der Waals surface area contributed by atoms with Crippen LogP contribution in [0, 0.1) is 13.8 Å². The Morgan fingerprint density at radius 1 is 1.00 bits per heavy atom. The monoisotopic (exact) mass is 455 g/mol. The van der Waals surface area contributed by atoms with Crippen LogP contribution in [0.25, 0.3) is 21.3 Å². The van der Waals surface area contributed by atoms with Crippen molar-refractivity contribution in [2.75, 3.05) is 5.32 Å². The van der Waals surface area contributed by atoms with Gasteiger partial charge in [0.1, 0.15) is 0 Å². The molecule has 4 rings (SSSR count). The van der Waals surface area contributed by atoms with Crippen molar-refractivity contribution in [2.24, 2.45) is 0 Å². The molecule has 142 valence electrons. The number of benzene rings is 2. The summed E-state index contributed by atoms with van der Waals surface area (Å²) >= 11 is -3.33. The Bertz CT molecular complexity index is 1220. The number of nitrogens with zero attached hydrogens (tertiary/aromatic N) is 2. The summed E-state index contributed by atoms with van der Waals surface area (Å²) in [4.78, 5) is 9.67. The number of hydrogen-bond acceptors (Lipinski definition) is 5. The van der Waals surface area contributed by atoms with Crippen molar-refractivity contribution < 1.29 is 11.9 Å². The van der Waals surface area contributed by atoms with Gasteiger partial charge in [0.05, 0.1) is 0 Å². The van der Waals surface area contributed by atoms with Crippen LogP contribution in [0.1, 0.15) is 11.1 Å². The molecular formula is C20H18AsN3O3S. The maximum atomic E-state index is 11.4. The first-order chi connectivity index (χ1) is 13.3. The molecule has 8 heteroatoms. The number of anilines is 2. The van der Waals surface area contributed by atoms with Gasteiger partial charge in [0.25, 0.3) is 0 Å². The van der Waals surface area contributed by atoms with Crippen molar-refractivity contribution in [2.45, 2.75) is 13.8 Å². The van der Waals surface area contributed by atoms with Crippen LogP contribution in [0.4, 0.5) is 11.5 Å². The Balaban J connectivity index is 1.76. The SMILES string of the molecule is Cc1ccc(-c2csc3ncnc(Nc4ccc([As](=O)(O)O)cc4)c23)cc1C. The molecule has 0 spiro atoms. The van der Waals surface area contributed by atoms with Crippen molar-refractivity contribution in [3.05, 3.63) is 65.3 Å². The van der Waals surface area contributed by atoms with Gasteiger partial charge >= 0.3 is 162 Å². The van der Waals surface area contributed by atoms with E-state index >= 15 is 0 Å². The van der Waals surface area contributed by atoms with Crippen LogP contribution < -0.4 is 9.67 Å². The second kappa shape index (κ2) is 7.18.